The molecule has 3 heterocycles. The van der Waals surface area contributed by atoms with Gasteiger partial charge < -0.3 is 15.5 Å². The van der Waals surface area contributed by atoms with Crippen LogP contribution >= 0.6 is 0 Å². The van der Waals surface area contributed by atoms with E-state index in [1.807, 2.05) is 18.2 Å². The lowest BCUT2D eigenvalue weighted by molar-refractivity contribution is 0.0342. The van der Waals surface area contributed by atoms with Crippen molar-refractivity contribution in [2.45, 2.75) is 6.54 Å². The summed E-state index contributed by atoms with van der Waals surface area (Å²) in [4.78, 5) is 5.92. The van der Waals surface area contributed by atoms with Crippen LogP contribution in [0.2, 0.25) is 0 Å². The molecule has 2 aromatic carbocycles. The molecular formula is C20H21N5O. The predicted octanol–water partition coefficient (Wildman–Crippen LogP) is 3.13. The second-order valence-corrected chi connectivity index (χ2v) is 6.87. The molecule has 1 aliphatic rings. The molecule has 1 aliphatic heterocycles. The average molecular weight is 347 g/mol. The average Bonchev–Trinajstić information content (AvgIpc) is 3.25. The number of ether oxygens (including phenoxy) is 1. The van der Waals surface area contributed by atoms with E-state index in [9.17, 15) is 0 Å². The van der Waals surface area contributed by atoms with Crippen LogP contribution in [0.4, 0.5) is 5.69 Å². The van der Waals surface area contributed by atoms with Gasteiger partial charge in [0.25, 0.3) is 0 Å². The van der Waals surface area contributed by atoms with Crippen molar-refractivity contribution in [3.63, 3.8) is 0 Å². The Morgan fingerprint density at radius 2 is 1.88 bits per heavy atom. The quantitative estimate of drug-likeness (QED) is 0.497. The van der Waals surface area contributed by atoms with Crippen LogP contribution in [0.5, 0.6) is 0 Å². The number of nitrogens with two attached hydrogens (primary N) is 1. The molecule has 1 fully saturated rings. The molecule has 0 amide bonds. The maximum atomic E-state index is 5.95. The Morgan fingerprint density at radius 1 is 1.04 bits per heavy atom. The molecule has 0 saturated carbocycles. The van der Waals surface area contributed by atoms with E-state index >= 15 is 0 Å². The van der Waals surface area contributed by atoms with E-state index < -0.39 is 0 Å². The van der Waals surface area contributed by atoms with Crippen LogP contribution in [-0.4, -0.2) is 46.4 Å². The molecular weight excluding hydrogens is 326 g/mol. The van der Waals surface area contributed by atoms with Gasteiger partial charge in [-0.15, -0.1) is 0 Å². The Morgan fingerprint density at radius 3 is 2.77 bits per heavy atom. The van der Waals surface area contributed by atoms with Crippen molar-refractivity contribution in [2.75, 3.05) is 32.0 Å². The van der Waals surface area contributed by atoms with E-state index in [2.05, 4.69) is 44.3 Å². The monoisotopic (exact) mass is 347 g/mol. The third-order valence-electron chi connectivity index (χ3n) is 5.04. The summed E-state index contributed by atoms with van der Waals surface area (Å²) in [6.45, 7) is 4.60. The van der Waals surface area contributed by atoms with Crippen molar-refractivity contribution in [3.05, 3.63) is 48.0 Å². The number of nitrogens with one attached hydrogen (secondary N) is 2. The first-order chi connectivity index (χ1) is 12.8. The summed E-state index contributed by atoms with van der Waals surface area (Å²) in [5, 5.41) is 9.80. The lowest BCUT2D eigenvalue weighted by atomic mass is 10.1. The van der Waals surface area contributed by atoms with E-state index in [4.69, 9.17) is 10.5 Å². The fraction of sp³-hybridized carbons (Fsp3) is 0.250. The summed E-state index contributed by atoms with van der Waals surface area (Å²) in [5.74, 6) is 0. The summed E-state index contributed by atoms with van der Waals surface area (Å²) in [6, 6.07) is 14.6. The molecule has 6 heteroatoms. The van der Waals surface area contributed by atoms with Crippen LogP contribution < -0.4 is 5.73 Å². The lowest BCUT2D eigenvalue weighted by Gasteiger charge is -2.26. The minimum atomic E-state index is 0.740. The van der Waals surface area contributed by atoms with Crippen molar-refractivity contribution in [3.8, 4) is 11.4 Å². The molecule has 0 atom stereocenters. The van der Waals surface area contributed by atoms with Gasteiger partial charge in [-0.3, -0.25) is 10.00 Å². The molecule has 0 bridgehead atoms. The van der Waals surface area contributed by atoms with Gasteiger partial charge in [0.2, 0.25) is 0 Å². The second-order valence-electron chi connectivity index (χ2n) is 6.87. The minimum Gasteiger partial charge on any atom is -0.399 e. The van der Waals surface area contributed by atoms with E-state index in [1.54, 1.807) is 0 Å². The number of fused-ring (bicyclic) bond motifs is 2. The molecule has 0 radical (unpaired) electrons. The first-order valence-electron chi connectivity index (χ1n) is 8.92. The van der Waals surface area contributed by atoms with Crippen molar-refractivity contribution < 1.29 is 4.74 Å². The minimum absolute atomic E-state index is 0.740. The Hall–Kier alpha value is -2.83. The standard InChI is InChI=1S/C20H21N5O/c21-15-2-4-18-16(11-15)20(24-23-18)19-10-14-9-13(1-3-17(14)22-19)12-25-5-7-26-8-6-25/h1-4,9-11,22H,5-8,12,21H2,(H,23,24). The van der Waals surface area contributed by atoms with Crippen LogP contribution in [0.1, 0.15) is 5.56 Å². The zero-order valence-electron chi connectivity index (χ0n) is 14.5. The van der Waals surface area contributed by atoms with Gasteiger partial charge in [0, 0.05) is 41.6 Å². The first kappa shape index (κ1) is 15.4. The van der Waals surface area contributed by atoms with Gasteiger partial charge in [0.1, 0.15) is 5.69 Å². The Labute approximate surface area is 150 Å². The number of hydrogen-bond acceptors (Lipinski definition) is 4. The van der Waals surface area contributed by atoms with Crippen LogP contribution in [0, 0.1) is 0 Å². The summed E-state index contributed by atoms with van der Waals surface area (Å²) in [7, 11) is 0. The predicted molar refractivity (Wildman–Crippen MR) is 104 cm³/mol. The number of morpholine rings is 1. The number of nitrogen functional groups attached to an aromatic ring is 1. The molecule has 26 heavy (non-hydrogen) atoms. The maximum absolute atomic E-state index is 5.95. The normalized spacial score (nSPS) is 15.8. The van der Waals surface area contributed by atoms with Crippen LogP contribution in [0.3, 0.4) is 0 Å². The van der Waals surface area contributed by atoms with Crippen molar-refractivity contribution in [2.24, 2.45) is 0 Å². The van der Waals surface area contributed by atoms with Crippen LogP contribution in [0.25, 0.3) is 33.2 Å². The summed E-state index contributed by atoms with van der Waals surface area (Å²) in [6.07, 6.45) is 0. The Kier molecular flexibility index (Phi) is 3.65. The maximum Gasteiger partial charge on any atom is 0.116 e. The van der Waals surface area contributed by atoms with Crippen molar-refractivity contribution in [1.29, 1.82) is 0 Å². The van der Waals surface area contributed by atoms with E-state index in [1.165, 1.54) is 10.9 Å². The molecule has 6 nitrogen and oxygen atoms in total. The number of hydrogen-bond donors (Lipinski definition) is 3. The molecule has 132 valence electrons. The first-order valence-corrected chi connectivity index (χ1v) is 8.92. The third-order valence-corrected chi connectivity index (χ3v) is 5.04. The van der Waals surface area contributed by atoms with E-state index in [-0.39, 0.29) is 0 Å². The fourth-order valence-electron chi connectivity index (χ4n) is 3.66. The van der Waals surface area contributed by atoms with Gasteiger partial charge >= 0.3 is 0 Å². The number of nitrogens with zero attached hydrogens (tertiary/aromatic N) is 2. The van der Waals surface area contributed by atoms with Crippen molar-refractivity contribution >= 4 is 27.5 Å². The molecule has 1 saturated heterocycles. The molecule has 0 aliphatic carbocycles. The van der Waals surface area contributed by atoms with Gasteiger partial charge in [-0.25, -0.2) is 0 Å². The lowest BCUT2D eigenvalue weighted by Crippen LogP contribution is -2.35. The van der Waals surface area contributed by atoms with Crippen LogP contribution in [-0.2, 0) is 11.3 Å². The van der Waals surface area contributed by atoms with E-state index in [0.29, 0.717) is 0 Å². The number of H-pyrrole nitrogens is 2. The molecule has 4 aromatic rings. The second kappa shape index (κ2) is 6.16. The van der Waals surface area contributed by atoms with Gasteiger partial charge in [0.15, 0.2) is 0 Å². The SMILES string of the molecule is Nc1ccc2[nH]nc(-c3cc4cc(CN5CCOCC5)ccc4[nH]3)c2c1. The summed E-state index contributed by atoms with van der Waals surface area (Å²) < 4.78 is 5.43. The largest absolute Gasteiger partial charge is 0.399 e. The Balaban J connectivity index is 1.50. The zero-order valence-corrected chi connectivity index (χ0v) is 14.5. The van der Waals surface area contributed by atoms with Crippen LogP contribution in [0.15, 0.2) is 42.5 Å². The highest BCUT2D eigenvalue weighted by Gasteiger charge is 2.13. The molecule has 5 rings (SSSR count). The van der Waals surface area contributed by atoms with Gasteiger partial charge in [-0.1, -0.05) is 6.07 Å². The van der Waals surface area contributed by atoms with Crippen molar-refractivity contribution in [1.82, 2.24) is 20.1 Å². The molecule has 0 spiro atoms. The zero-order chi connectivity index (χ0) is 17.5. The highest BCUT2D eigenvalue weighted by atomic mass is 16.5. The molecule has 4 N–H and O–H groups in total. The Bertz CT molecular complexity index is 1070. The summed E-state index contributed by atoms with van der Waals surface area (Å²) >= 11 is 0. The smallest absolute Gasteiger partial charge is 0.116 e. The van der Waals surface area contributed by atoms with Gasteiger partial charge in [0.05, 0.1) is 24.4 Å². The van der Waals surface area contributed by atoms with Gasteiger partial charge in [-0.05, 0) is 42.0 Å². The molecule has 0 unspecified atom stereocenters. The van der Waals surface area contributed by atoms with E-state index in [0.717, 1.165) is 66.3 Å². The summed E-state index contributed by atoms with van der Waals surface area (Å²) in [5.41, 5.74) is 12.0. The van der Waals surface area contributed by atoms with Gasteiger partial charge in [-0.2, -0.15) is 5.10 Å². The number of anilines is 1. The number of benzene rings is 2. The fourth-order valence-corrected chi connectivity index (χ4v) is 3.66. The number of rotatable bonds is 3. The molecule has 2 aromatic heterocycles. The third kappa shape index (κ3) is 2.73. The number of aromatic nitrogens is 3. The highest BCUT2D eigenvalue weighted by molar-refractivity contribution is 5.97. The highest BCUT2D eigenvalue weighted by Crippen LogP contribution is 2.30. The number of aromatic amines is 2. The topological polar surface area (TPSA) is 83.0 Å².